The predicted octanol–water partition coefficient (Wildman–Crippen LogP) is 14.0. The first-order valence-corrected chi connectivity index (χ1v) is 26.3. The van der Waals surface area contributed by atoms with Crippen molar-refractivity contribution in [2.45, 2.75) is 180 Å². The lowest BCUT2D eigenvalue weighted by atomic mass is 10.0. The molecule has 3 atom stereocenters. The number of aliphatic hydroxyl groups excluding tert-OH is 1. The normalized spacial score (nSPS) is 15.2. The van der Waals surface area contributed by atoms with Crippen molar-refractivity contribution in [1.29, 1.82) is 0 Å². The van der Waals surface area contributed by atoms with Crippen LogP contribution in [-0.2, 0) is 18.4 Å². The first-order chi connectivity index (χ1) is 31.0. The lowest BCUT2D eigenvalue weighted by Gasteiger charge is -2.30. The van der Waals surface area contributed by atoms with Crippen LogP contribution in [0.25, 0.3) is 0 Å². The van der Waals surface area contributed by atoms with Gasteiger partial charge < -0.3 is 28.8 Å². The second-order valence-electron chi connectivity index (χ2n) is 17.4. The van der Waals surface area contributed by atoms with Crippen LogP contribution in [0.4, 0.5) is 0 Å². The maximum Gasteiger partial charge on any atom is 0.268 e. The summed E-state index contributed by atoms with van der Waals surface area (Å²) in [6.45, 7) is 4.50. The number of likely N-dealkylation sites (N-methyl/N-ethyl adjacent to an activating group) is 1. The second kappa shape index (κ2) is 45.1. The van der Waals surface area contributed by atoms with E-state index in [1.165, 1.54) is 25.7 Å². The molecule has 0 heterocycles. The van der Waals surface area contributed by atoms with Gasteiger partial charge in [-0.15, -0.1) is 0 Å². The first kappa shape index (κ1) is 60.9. The monoisotopic (exact) mass is 909 g/mol. The van der Waals surface area contributed by atoms with Gasteiger partial charge in [-0.1, -0.05) is 193 Å². The molecule has 64 heavy (non-hydrogen) atoms. The van der Waals surface area contributed by atoms with E-state index in [-0.39, 0.29) is 19.1 Å². The zero-order valence-electron chi connectivity index (χ0n) is 41.2. The molecule has 0 aliphatic heterocycles. The molecular weight excluding hydrogens is 816 g/mol. The first-order valence-electron chi connectivity index (χ1n) is 24.9. The van der Waals surface area contributed by atoms with Gasteiger partial charge in [0.05, 0.1) is 39.9 Å². The number of carbonyl (C=O) groups excluding carboxylic acids is 1. The molecule has 0 rings (SSSR count). The average Bonchev–Trinajstić information content (AvgIpc) is 3.25. The average molecular weight is 909 g/mol. The topological polar surface area (TPSA) is 108 Å². The minimum atomic E-state index is -4.57. The van der Waals surface area contributed by atoms with Crippen molar-refractivity contribution in [2.75, 3.05) is 40.9 Å². The van der Waals surface area contributed by atoms with Crippen LogP contribution in [0.15, 0.2) is 122 Å². The Hall–Kier alpha value is -3.10. The molecular formula is C55H93N2O6P. The third kappa shape index (κ3) is 46.9. The molecule has 0 aromatic heterocycles. The minimum Gasteiger partial charge on any atom is -0.756 e. The minimum absolute atomic E-state index is 0.000660. The molecule has 0 bridgehead atoms. The number of carbonyl (C=O) groups is 1. The second-order valence-corrected chi connectivity index (χ2v) is 18.8. The van der Waals surface area contributed by atoms with Crippen molar-refractivity contribution in [3.8, 4) is 0 Å². The predicted molar refractivity (Wildman–Crippen MR) is 274 cm³/mol. The van der Waals surface area contributed by atoms with E-state index < -0.39 is 20.0 Å². The Balaban J connectivity index is 4.14. The van der Waals surface area contributed by atoms with Crippen molar-refractivity contribution in [2.24, 2.45) is 0 Å². The van der Waals surface area contributed by atoms with Crippen LogP contribution in [0, 0.1) is 0 Å². The number of unbranched alkanes of at least 4 members (excludes halogenated alkanes) is 10. The summed E-state index contributed by atoms with van der Waals surface area (Å²) in [5.41, 5.74) is 0. The van der Waals surface area contributed by atoms with Gasteiger partial charge in [0.15, 0.2) is 0 Å². The van der Waals surface area contributed by atoms with Crippen molar-refractivity contribution in [3.63, 3.8) is 0 Å². The SMILES string of the molecule is CC/C=C\C/C=C\C/C=C\C/C=C\C/C=C\C/C=C\C/C=C\C/C=C\C/C=C\C/C=C\CCCCCCC(=O)NC(COP(=O)([O-])OCC[N+](C)(C)C)C(O)CCCCCCCCC. The lowest BCUT2D eigenvalue weighted by Crippen LogP contribution is -2.46. The largest absolute Gasteiger partial charge is 0.756 e. The fourth-order valence-corrected chi connectivity index (χ4v) is 7.02. The Labute approximate surface area is 393 Å². The summed E-state index contributed by atoms with van der Waals surface area (Å²) in [5, 5.41) is 13.8. The molecule has 0 fully saturated rings. The van der Waals surface area contributed by atoms with Gasteiger partial charge in [-0.2, -0.15) is 0 Å². The molecule has 2 N–H and O–H groups in total. The van der Waals surface area contributed by atoms with E-state index in [1.807, 2.05) is 21.1 Å². The van der Waals surface area contributed by atoms with Gasteiger partial charge in [-0.05, 0) is 89.9 Å². The highest BCUT2D eigenvalue weighted by Crippen LogP contribution is 2.38. The molecule has 0 radical (unpaired) electrons. The summed E-state index contributed by atoms with van der Waals surface area (Å²) in [4.78, 5) is 25.2. The molecule has 3 unspecified atom stereocenters. The van der Waals surface area contributed by atoms with E-state index in [0.717, 1.165) is 116 Å². The summed E-state index contributed by atoms with van der Waals surface area (Å²) in [7, 11) is 1.26. The standard InChI is InChI=1S/C55H93N2O6P/c1-6-8-10-12-14-15-16-17-18-19-20-21-22-23-24-25-26-27-28-29-30-31-32-33-34-35-36-37-38-39-40-41-43-45-47-49-55(59)56-53(54(58)48-46-44-42-13-11-9-7-2)52-63-64(60,61)62-51-50-57(3,4)5/h8,10,14-15,17-18,20-21,23-24,26-27,29-30,32-33,35-36,38-39,53-54,58H,6-7,9,11-13,16,19,22,25,28,31,34,37,40-52H2,1-5H3,(H-,56,59,60,61)/b10-8-,15-14-,18-17-,21-20-,24-23-,27-26-,30-29-,33-32-,36-35-,39-38-. The van der Waals surface area contributed by atoms with Crippen LogP contribution in [0.5, 0.6) is 0 Å². The summed E-state index contributed by atoms with van der Waals surface area (Å²) >= 11 is 0. The Morgan fingerprint density at radius 2 is 0.953 bits per heavy atom. The molecule has 0 aromatic rings. The van der Waals surface area contributed by atoms with Gasteiger partial charge in [0, 0.05) is 6.42 Å². The summed E-state index contributed by atoms with van der Waals surface area (Å²) in [6.07, 6.45) is 66.7. The Morgan fingerprint density at radius 3 is 1.39 bits per heavy atom. The van der Waals surface area contributed by atoms with Gasteiger partial charge in [-0.3, -0.25) is 9.36 Å². The Kier molecular flexibility index (Phi) is 42.9. The van der Waals surface area contributed by atoms with E-state index >= 15 is 0 Å². The molecule has 364 valence electrons. The Bertz CT molecular complexity index is 1450. The molecule has 0 aliphatic rings. The molecule has 9 heteroatoms. The number of amides is 1. The molecule has 1 amide bonds. The maximum absolute atomic E-state index is 12.8. The molecule has 0 saturated heterocycles. The highest BCUT2D eigenvalue weighted by atomic mass is 31.2. The fraction of sp³-hybridized carbons (Fsp3) is 0.618. The number of hydrogen-bond donors (Lipinski definition) is 2. The number of nitrogens with one attached hydrogen (secondary N) is 1. The van der Waals surface area contributed by atoms with E-state index in [1.54, 1.807) is 0 Å². The number of nitrogens with zero attached hydrogens (tertiary/aromatic N) is 1. The highest BCUT2D eigenvalue weighted by molar-refractivity contribution is 7.45. The van der Waals surface area contributed by atoms with Gasteiger partial charge >= 0.3 is 0 Å². The van der Waals surface area contributed by atoms with Crippen LogP contribution in [0.2, 0.25) is 0 Å². The summed E-state index contributed by atoms with van der Waals surface area (Å²) in [6, 6.07) is -0.820. The summed E-state index contributed by atoms with van der Waals surface area (Å²) < 4.78 is 23.1. The lowest BCUT2D eigenvalue weighted by molar-refractivity contribution is -0.870. The van der Waals surface area contributed by atoms with Crippen molar-refractivity contribution in [3.05, 3.63) is 122 Å². The van der Waals surface area contributed by atoms with Crippen molar-refractivity contribution in [1.82, 2.24) is 5.32 Å². The number of aliphatic hydroxyl groups is 1. The quantitative estimate of drug-likeness (QED) is 0.0273. The number of allylic oxidation sites excluding steroid dienone is 20. The highest BCUT2D eigenvalue weighted by Gasteiger charge is 2.24. The van der Waals surface area contributed by atoms with E-state index in [0.29, 0.717) is 23.9 Å². The van der Waals surface area contributed by atoms with Crippen molar-refractivity contribution < 1.29 is 32.9 Å². The van der Waals surface area contributed by atoms with Gasteiger partial charge in [0.1, 0.15) is 13.2 Å². The van der Waals surface area contributed by atoms with Crippen molar-refractivity contribution >= 4 is 13.7 Å². The van der Waals surface area contributed by atoms with Crippen LogP contribution in [0.1, 0.15) is 168 Å². The third-order valence-corrected chi connectivity index (χ3v) is 11.2. The number of phosphoric acid groups is 1. The van der Waals surface area contributed by atoms with E-state index in [2.05, 4.69) is 141 Å². The number of phosphoric ester groups is 1. The van der Waals surface area contributed by atoms with E-state index in [9.17, 15) is 19.4 Å². The number of rotatable bonds is 43. The van der Waals surface area contributed by atoms with Crippen LogP contribution < -0.4 is 10.2 Å². The maximum atomic E-state index is 12.8. The molecule has 0 spiro atoms. The van der Waals surface area contributed by atoms with Crippen LogP contribution >= 0.6 is 7.82 Å². The third-order valence-electron chi connectivity index (χ3n) is 10.2. The smallest absolute Gasteiger partial charge is 0.268 e. The molecule has 0 saturated carbocycles. The molecule has 8 nitrogen and oxygen atoms in total. The summed E-state index contributed by atoms with van der Waals surface area (Å²) in [5.74, 6) is -0.200. The fourth-order valence-electron chi connectivity index (χ4n) is 6.30. The van der Waals surface area contributed by atoms with Crippen LogP contribution in [-0.4, -0.2) is 68.5 Å². The van der Waals surface area contributed by atoms with Gasteiger partial charge in [0.25, 0.3) is 7.82 Å². The molecule has 0 aromatic carbocycles. The number of hydrogen-bond acceptors (Lipinski definition) is 6. The Morgan fingerprint density at radius 1 is 0.562 bits per heavy atom. The van der Waals surface area contributed by atoms with Gasteiger partial charge in [-0.25, -0.2) is 0 Å². The number of quaternary nitrogens is 1. The zero-order valence-corrected chi connectivity index (χ0v) is 42.1. The zero-order chi connectivity index (χ0) is 47.1. The molecule has 0 aliphatic carbocycles. The van der Waals surface area contributed by atoms with Crippen LogP contribution in [0.3, 0.4) is 0 Å². The van der Waals surface area contributed by atoms with Gasteiger partial charge in [0.2, 0.25) is 5.91 Å². The van der Waals surface area contributed by atoms with E-state index in [4.69, 9.17) is 9.05 Å².